The van der Waals surface area contributed by atoms with E-state index in [9.17, 15) is 24.5 Å². The number of amides is 3. The Morgan fingerprint density at radius 1 is 1.20 bits per heavy atom. The van der Waals surface area contributed by atoms with Crippen LogP contribution in [-0.4, -0.2) is 38.7 Å². The van der Waals surface area contributed by atoms with Gasteiger partial charge in [-0.25, -0.2) is 4.79 Å². The number of urea groups is 1. The van der Waals surface area contributed by atoms with Gasteiger partial charge in [0.05, 0.1) is 11.5 Å². The van der Waals surface area contributed by atoms with Gasteiger partial charge in [-0.15, -0.1) is 0 Å². The lowest BCUT2D eigenvalue weighted by Gasteiger charge is -2.22. The summed E-state index contributed by atoms with van der Waals surface area (Å²) in [5, 5.41) is 13.8. The predicted octanol–water partition coefficient (Wildman–Crippen LogP) is 4.55. The largest absolute Gasteiger partial charge is 0.348 e. The number of allylic oxidation sites excluding steroid dienone is 2. The number of nitro benzene ring substituents is 1. The molecule has 9 heteroatoms. The molecule has 0 spiro atoms. The molecule has 2 aromatic rings. The highest BCUT2D eigenvalue weighted by molar-refractivity contribution is 6.11. The van der Waals surface area contributed by atoms with Crippen molar-refractivity contribution in [3.05, 3.63) is 74.6 Å². The first-order valence-electron chi connectivity index (χ1n) is 11.9. The van der Waals surface area contributed by atoms with Crippen molar-refractivity contribution in [2.75, 3.05) is 6.54 Å². The van der Waals surface area contributed by atoms with Crippen LogP contribution in [0.3, 0.4) is 0 Å². The maximum atomic E-state index is 13.2. The number of nitro groups is 1. The van der Waals surface area contributed by atoms with E-state index in [1.54, 1.807) is 6.07 Å². The average Bonchev–Trinajstić information content (AvgIpc) is 3.25. The third kappa shape index (κ3) is 4.62. The molecule has 4 rings (SSSR count). The molecule has 3 amide bonds. The molecule has 1 aliphatic heterocycles. The monoisotopic (exact) mass is 478 g/mol. The fourth-order valence-electron chi connectivity index (χ4n) is 5.01. The molecule has 1 saturated heterocycles. The molecule has 1 atom stereocenters. The third-order valence-corrected chi connectivity index (χ3v) is 7.13. The van der Waals surface area contributed by atoms with Gasteiger partial charge >= 0.3 is 6.03 Å². The molecule has 184 valence electrons. The van der Waals surface area contributed by atoms with Gasteiger partial charge in [0, 0.05) is 35.6 Å². The molecule has 1 aliphatic carbocycles. The molecular formula is C26H30N4O5. The SMILES string of the molecule is Cc1cc(C(=O)CN2C(=O)NC(C)(c3cccc([N+](=O)[O-])c3)C2=O)c(C)n1CCC1=CCCCC1. The zero-order valence-electron chi connectivity index (χ0n) is 20.3. The van der Waals surface area contributed by atoms with E-state index in [-0.39, 0.29) is 17.0 Å². The van der Waals surface area contributed by atoms with E-state index in [0.717, 1.165) is 42.1 Å². The van der Waals surface area contributed by atoms with Crippen LogP contribution < -0.4 is 5.32 Å². The minimum Gasteiger partial charge on any atom is -0.348 e. The Kier molecular flexibility index (Phi) is 6.60. The van der Waals surface area contributed by atoms with Gasteiger partial charge < -0.3 is 9.88 Å². The van der Waals surface area contributed by atoms with Crippen molar-refractivity contribution in [3.63, 3.8) is 0 Å². The number of nitrogens with one attached hydrogen (secondary N) is 1. The first-order valence-corrected chi connectivity index (χ1v) is 11.9. The van der Waals surface area contributed by atoms with Crippen LogP contribution in [0.25, 0.3) is 0 Å². The molecule has 0 bridgehead atoms. The molecule has 0 saturated carbocycles. The lowest BCUT2D eigenvalue weighted by atomic mass is 9.91. The Morgan fingerprint density at radius 2 is 1.97 bits per heavy atom. The lowest BCUT2D eigenvalue weighted by molar-refractivity contribution is -0.385. The molecular weight excluding hydrogens is 448 g/mol. The zero-order valence-corrected chi connectivity index (χ0v) is 20.3. The van der Waals surface area contributed by atoms with E-state index in [0.29, 0.717) is 5.56 Å². The molecule has 1 aromatic carbocycles. The highest BCUT2D eigenvalue weighted by atomic mass is 16.6. The Bertz CT molecular complexity index is 1240. The molecule has 1 N–H and O–H groups in total. The number of ketones is 1. The van der Waals surface area contributed by atoms with E-state index >= 15 is 0 Å². The van der Waals surface area contributed by atoms with Crippen LogP contribution in [0, 0.1) is 24.0 Å². The number of carbonyl (C=O) groups excluding carboxylic acids is 3. The van der Waals surface area contributed by atoms with E-state index in [4.69, 9.17) is 0 Å². The zero-order chi connectivity index (χ0) is 25.3. The Labute approximate surface area is 203 Å². The van der Waals surface area contributed by atoms with Gasteiger partial charge in [-0.2, -0.15) is 0 Å². The fraction of sp³-hybridized carbons (Fsp3) is 0.423. The first kappa shape index (κ1) is 24.4. The molecule has 1 fully saturated rings. The van der Waals surface area contributed by atoms with E-state index in [1.807, 2.05) is 19.9 Å². The quantitative estimate of drug-likeness (QED) is 0.196. The molecule has 35 heavy (non-hydrogen) atoms. The lowest BCUT2D eigenvalue weighted by Crippen LogP contribution is -2.41. The molecule has 9 nitrogen and oxygen atoms in total. The van der Waals surface area contributed by atoms with Crippen molar-refractivity contribution in [3.8, 4) is 0 Å². The summed E-state index contributed by atoms with van der Waals surface area (Å²) in [6.07, 6.45) is 7.98. The van der Waals surface area contributed by atoms with Crippen LogP contribution in [0.2, 0.25) is 0 Å². The molecule has 1 aromatic heterocycles. The fourth-order valence-corrected chi connectivity index (χ4v) is 5.01. The summed E-state index contributed by atoms with van der Waals surface area (Å²) < 4.78 is 2.11. The van der Waals surface area contributed by atoms with Gasteiger partial charge in [0.1, 0.15) is 5.54 Å². The second-order valence-electron chi connectivity index (χ2n) is 9.47. The van der Waals surface area contributed by atoms with Crippen LogP contribution in [0.5, 0.6) is 0 Å². The van der Waals surface area contributed by atoms with Gasteiger partial charge in [-0.1, -0.05) is 23.8 Å². The van der Waals surface area contributed by atoms with E-state index in [1.165, 1.54) is 43.5 Å². The number of aryl methyl sites for hydroxylation is 1. The normalized spacial score (nSPS) is 20.1. The van der Waals surface area contributed by atoms with Crippen LogP contribution in [-0.2, 0) is 16.9 Å². The summed E-state index contributed by atoms with van der Waals surface area (Å²) in [6.45, 7) is 5.71. The highest BCUT2D eigenvalue weighted by Gasteiger charge is 2.50. The summed E-state index contributed by atoms with van der Waals surface area (Å²) in [5.74, 6) is -0.942. The van der Waals surface area contributed by atoms with Crippen molar-refractivity contribution in [1.29, 1.82) is 0 Å². The maximum Gasteiger partial charge on any atom is 0.325 e. The van der Waals surface area contributed by atoms with Crippen molar-refractivity contribution in [1.82, 2.24) is 14.8 Å². The summed E-state index contributed by atoms with van der Waals surface area (Å²) in [7, 11) is 0. The summed E-state index contributed by atoms with van der Waals surface area (Å²) in [4.78, 5) is 50.6. The van der Waals surface area contributed by atoms with Crippen molar-refractivity contribution in [2.24, 2.45) is 0 Å². The molecule has 2 heterocycles. The Morgan fingerprint density at radius 3 is 2.66 bits per heavy atom. The second-order valence-corrected chi connectivity index (χ2v) is 9.47. The number of hydrogen-bond donors (Lipinski definition) is 1. The van der Waals surface area contributed by atoms with Crippen LogP contribution >= 0.6 is 0 Å². The van der Waals surface area contributed by atoms with E-state index in [2.05, 4.69) is 16.0 Å². The van der Waals surface area contributed by atoms with Gasteiger partial charge in [-0.05, 0) is 64.5 Å². The van der Waals surface area contributed by atoms with Crippen LogP contribution in [0.4, 0.5) is 10.5 Å². The van der Waals surface area contributed by atoms with Gasteiger partial charge in [0.2, 0.25) is 0 Å². The number of imide groups is 1. The minimum atomic E-state index is -1.49. The number of Topliss-reactive ketones (excluding diaryl/α,β-unsaturated/α-hetero) is 1. The van der Waals surface area contributed by atoms with Gasteiger partial charge in [0.15, 0.2) is 5.78 Å². The second kappa shape index (κ2) is 9.48. The van der Waals surface area contributed by atoms with Crippen molar-refractivity contribution < 1.29 is 19.3 Å². The number of hydrogen-bond acceptors (Lipinski definition) is 5. The highest BCUT2D eigenvalue weighted by Crippen LogP contribution is 2.31. The topological polar surface area (TPSA) is 115 Å². The Balaban J connectivity index is 1.50. The standard InChI is InChI=1S/C26H30N4O5/c1-17-14-22(18(2)28(17)13-12-19-8-5-4-6-9-19)23(31)16-29-24(32)26(3,27-25(29)33)20-10-7-11-21(15-20)30(34)35/h7-8,10-11,14-15H,4-6,9,12-13,16H2,1-3H3,(H,27,33). The number of rotatable bonds is 8. The molecule has 1 unspecified atom stereocenters. The van der Waals surface area contributed by atoms with E-state index < -0.39 is 28.9 Å². The number of nitrogens with zero attached hydrogens (tertiary/aromatic N) is 3. The predicted molar refractivity (Wildman–Crippen MR) is 130 cm³/mol. The number of aromatic nitrogens is 1. The number of benzene rings is 1. The average molecular weight is 479 g/mol. The molecule has 0 radical (unpaired) electrons. The summed E-state index contributed by atoms with van der Waals surface area (Å²) in [5.41, 5.74) is 2.33. The maximum absolute atomic E-state index is 13.2. The van der Waals surface area contributed by atoms with Crippen molar-refractivity contribution in [2.45, 2.75) is 65.0 Å². The molecule has 2 aliphatic rings. The van der Waals surface area contributed by atoms with Crippen molar-refractivity contribution >= 4 is 23.4 Å². The smallest absolute Gasteiger partial charge is 0.325 e. The van der Waals surface area contributed by atoms with Crippen LogP contribution in [0.15, 0.2) is 42.0 Å². The van der Waals surface area contributed by atoms with Crippen LogP contribution in [0.1, 0.15) is 66.3 Å². The number of non-ortho nitro benzene ring substituents is 1. The Hall–Kier alpha value is -3.75. The van der Waals surface area contributed by atoms with Gasteiger partial charge in [-0.3, -0.25) is 24.6 Å². The summed E-state index contributed by atoms with van der Waals surface area (Å²) in [6, 6.07) is 6.70. The third-order valence-electron chi connectivity index (χ3n) is 7.13. The number of carbonyl (C=O) groups is 3. The summed E-state index contributed by atoms with van der Waals surface area (Å²) >= 11 is 0. The first-order chi connectivity index (χ1) is 16.6. The van der Waals surface area contributed by atoms with Gasteiger partial charge in [0.25, 0.3) is 11.6 Å². The minimum absolute atomic E-state index is 0.184.